The fourth-order valence-corrected chi connectivity index (χ4v) is 5.35. The van der Waals surface area contributed by atoms with Gasteiger partial charge in [-0.1, -0.05) is 66.7 Å². The summed E-state index contributed by atoms with van der Waals surface area (Å²) in [7, 11) is 0. The van der Waals surface area contributed by atoms with Crippen LogP contribution in [0, 0.1) is 6.92 Å². The molecule has 5 rings (SSSR count). The van der Waals surface area contributed by atoms with E-state index in [1.54, 1.807) is 4.90 Å². The van der Waals surface area contributed by atoms with Crippen molar-refractivity contribution in [1.29, 1.82) is 0 Å². The maximum atomic E-state index is 14.1. The van der Waals surface area contributed by atoms with Crippen LogP contribution in [0.5, 0.6) is 0 Å². The Morgan fingerprint density at radius 1 is 0.950 bits per heavy atom. The largest absolute Gasteiger partial charge is 0.445 e. The van der Waals surface area contributed by atoms with Crippen LogP contribution in [-0.4, -0.2) is 34.1 Å². The van der Waals surface area contributed by atoms with Crippen LogP contribution in [0.3, 0.4) is 0 Å². The van der Waals surface area contributed by atoms with Gasteiger partial charge in [0.25, 0.3) is 0 Å². The van der Waals surface area contributed by atoms with Crippen LogP contribution < -0.4 is 10.6 Å². The minimum Gasteiger partial charge on any atom is -0.445 e. The van der Waals surface area contributed by atoms with Gasteiger partial charge in [0.05, 0.1) is 0 Å². The van der Waals surface area contributed by atoms with Gasteiger partial charge in [-0.05, 0) is 68.0 Å². The molecule has 2 aliphatic rings. The normalized spacial score (nSPS) is 19.6. The van der Waals surface area contributed by atoms with Gasteiger partial charge in [0.1, 0.15) is 17.7 Å². The number of fused-ring (bicyclic) bond motifs is 3. The number of hydrogen-bond acceptors (Lipinski definition) is 5. The summed E-state index contributed by atoms with van der Waals surface area (Å²) in [4.78, 5) is 41.3. The topological polar surface area (TPSA) is 97.0 Å². The molecule has 1 saturated carbocycles. The number of carbonyl (C=O) groups is 3. The highest BCUT2D eigenvalue weighted by atomic mass is 16.6. The van der Waals surface area contributed by atoms with E-state index in [2.05, 4.69) is 10.6 Å². The molecule has 2 atom stereocenters. The van der Waals surface area contributed by atoms with Crippen LogP contribution in [0.15, 0.2) is 72.8 Å². The maximum Gasteiger partial charge on any atom is 0.412 e. The van der Waals surface area contributed by atoms with Crippen molar-refractivity contribution in [3.63, 3.8) is 0 Å². The van der Waals surface area contributed by atoms with Crippen LogP contribution in [0.2, 0.25) is 0 Å². The first-order chi connectivity index (χ1) is 19.1. The highest BCUT2D eigenvalue weighted by Crippen LogP contribution is 2.56. The second kappa shape index (κ2) is 10.7. The summed E-state index contributed by atoms with van der Waals surface area (Å²) in [6.45, 7) is 8.23. The summed E-state index contributed by atoms with van der Waals surface area (Å²) in [5, 5.41) is 5.80. The Labute approximate surface area is 234 Å². The molecule has 1 fully saturated rings. The van der Waals surface area contributed by atoms with Crippen molar-refractivity contribution in [1.82, 2.24) is 10.2 Å². The van der Waals surface area contributed by atoms with Gasteiger partial charge in [0.15, 0.2) is 0 Å². The number of benzene rings is 3. The van der Waals surface area contributed by atoms with E-state index in [-0.39, 0.29) is 18.4 Å². The number of ether oxygens (including phenoxy) is 2. The minimum absolute atomic E-state index is 0.116. The van der Waals surface area contributed by atoms with Gasteiger partial charge < -0.3 is 19.7 Å². The molecule has 2 N–H and O–H groups in total. The monoisotopic (exact) mass is 541 g/mol. The predicted molar refractivity (Wildman–Crippen MR) is 152 cm³/mol. The van der Waals surface area contributed by atoms with Gasteiger partial charge in [-0.25, -0.2) is 9.59 Å². The van der Waals surface area contributed by atoms with Crippen LogP contribution in [0.1, 0.15) is 60.9 Å². The standard InChI is InChI=1S/C32H35N3O5/c1-21-25-19-35(18-22-11-7-5-8-12-22)28(36)32(34-30(38)39-20-23-13-9-6-10-14-23)17-26(32)24(25)15-16-27(21)33-29(37)40-31(2,3)4/h5-16,26H,17-20H2,1-4H3,(H,33,37)(H,34,38)/t26-,32?/m1/s1. The highest BCUT2D eigenvalue weighted by Gasteiger charge is 2.65. The fraction of sp³-hybridized carbons (Fsp3) is 0.344. The molecule has 1 aliphatic heterocycles. The van der Waals surface area contributed by atoms with Crippen LogP contribution in [0.4, 0.5) is 15.3 Å². The van der Waals surface area contributed by atoms with E-state index < -0.39 is 23.3 Å². The maximum absolute atomic E-state index is 14.1. The lowest BCUT2D eigenvalue weighted by Gasteiger charge is -2.27. The molecule has 0 aromatic heterocycles. The van der Waals surface area contributed by atoms with Crippen molar-refractivity contribution in [2.45, 2.75) is 70.9 Å². The van der Waals surface area contributed by atoms with Crippen LogP contribution in [-0.2, 0) is 34.0 Å². The molecular weight excluding hydrogens is 506 g/mol. The van der Waals surface area contributed by atoms with Crippen molar-refractivity contribution >= 4 is 23.8 Å². The Hall–Kier alpha value is -4.33. The van der Waals surface area contributed by atoms with Crippen molar-refractivity contribution in [3.05, 3.63) is 101 Å². The average Bonchev–Trinajstić information content (AvgIpc) is 3.64. The Morgan fingerprint density at radius 2 is 1.60 bits per heavy atom. The van der Waals surface area contributed by atoms with Gasteiger partial charge in [-0.15, -0.1) is 0 Å². The third-order valence-electron chi connectivity index (χ3n) is 7.38. The summed E-state index contributed by atoms with van der Waals surface area (Å²) < 4.78 is 10.9. The third kappa shape index (κ3) is 5.81. The minimum atomic E-state index is -1.08. The Bertz CT molecular complexity index is 1420. The van der Waals surface area contributed by atoms with Crippen molar-refractivity contribution in [2.24, 2.45) is 0 Å². The first-order valence-electron chi connectivity index (χ1n) is 13.5. The summed E-state index contributed by atoms with van der Waals surface area (Å²) in [6.07, 6.45) is -0.684. The Kier molecular flexibility index (Phi) is 7.27. The molecular formula is C32H35N3O5. The highest BCUT2D eigenvalue weighted by molar-refractivity contribution is 5.96. The average molecular weight is 542 g/mol. The zero-order chi connectivity index (χ0) is 28.5. The lowest BCUT2D eigenvalue weighted by Crippen LogP contribution is -2.50. The molecule has 40 heavy (non-hydrogen) atoms. The number of hydrogen-bond donors (Lipinski definition) is 2. The third-order valence-corrected chi connectivity index (χ3v) is 7.38. The van der Waals surface area contributed by atoms with Gasteiger partial charge in [-0.3, -0.25) is 10.1 Å². The molecule has 8 nitrogen and oxygen atoms in total. The number of amides is 3. The zero-order valence-corrected chi connectivity index (χ0v) is 23.3. The Balaban J connectivity index is 1.43. The van der Waals surface area contributed by atoms with Crippen molar-refractivity contribution in [3.8, 4) is 0 Å². The number of nitrogens with zero attached hydrogens (tertiary/aromatic N) is 1. The van der Waals surface area contributed by atoms with Gasteiger partial charge in [-0.2, -0.15) is 0 Å². The molecule has 3 aromatic carbocycles. The number of nitrogens with one attached hydrogen (secondary N) is 2. The Morgan fingerprint density at radius 3 is 2.25 bits per heavy atom. The number of rotatable bonds is 6. The van der Waals surface area contributed by atoms with Crippen molar-refractivity contribution < 1.29 is 23.9 Å². The molecule has 3 amide bonds. The SMILES string of the molecule is Cc1c(NC(=O)OC(C)(C)C)ccc2c1CN(Cc1ccccc1)C(=O)C1(NC(=O)OCc3ccccc3)C[C@H]21. The van der Waals surface area contributed by atoms with Gasteiger partial charge in [0.2, 0.25) is 5.91 Å². The van der Waals surface area contributed by atoms with E-state index in [9.17, 15) is 14.4 Å². The summed E-state index contributed by atoms with van der Waals surface area (Å²) in [5.41, 5.74) is 3.58. The first-order valence-corrected chi connectivity index (χ1v) is 13.5. The molecule has 3 aromatic rings. The van der Waals surface area contributed by atoms with E-state index in [0.717, 1.165) is 27.8 Å². The van der Waals surface area contributed by atoms with E-state index in [1.807, 2.05) is 100 Å². The molecule has 0 spiro atoms. The lowest BCUT2D eigenvalue weighted by molar-refractivity contribution is -0.135. The van der Waals surface area contributed by atoms with E-state index >= 15 is 0 Å². The smallest absolute Gasteiger partial charge is 0.412 e. The molecule has 1 unspecified atom stereocenters. The fourth-order valence-electron chi connectivity index (χ4n) is 5.35. The quantitative estimate of drug-likeness (QED) is 0.397. The first kappa shape index (κ1) is 27.2. The molecule has 0 radical (unpaired) electrons. The van der Waals surface area contributed by atoms with E-state index in [1.165, 1.54) is 0 Å². The molecule has 208 valence electrons. The number of alkyl carbamates (subject to hydrolysis) is 1. The van der Waals surface area contributed by atoms with Crippen molar-refractivity contribution in [2.75, 3.05) is 5.32 Å². The molecule has 0 bridgehead atoms. The number of anilines is 1. The second-order valence-electron chi connectivity index (χ2n) is 11.5. The molecule has 0 saturated heterocycles. The molecule has 8 heteroatoms. The summed E-state index contributed by atoms with van der Waals surface area (Å²) in [6, 6.07) is 23.0. The summed E-state index contributed by atoms with van der Waals surface area (Å²) in [5.74, 6) is -0.343. The predicted octanol–water partition coefficient (Wildman–Crippen LogP) is 6.04. The van der Waals surface area contributed by atoms with E-state index in [0.29, 0.717) is 25.2 Å². The summed E-state index contributed by atoms with van der Waals surface area (Å²) >= 11 is 0. The van der Waals surface area contributed by atoms with Gasteiger partial charge >= 0.3 is 12.2 Å². The van der Waals surface area contributed by atoms with Crippen LogP contribution in [0.25, 0.3) is 0 Å². The zero-order valence-electron chi connectivity index (χ0n) is 23.3. The van der Waals surface area contributed by atoms with E-state index in [4.69, 9.17) is 9.47 Å². The van der Waals surface area contributed by atoms with Gasteiger partial charge in [0, 0.05) is 24.7 Å². The lowest BCUT2D eigenvalue weighted by atomic mass is 9.96. The number of carbonyl (C=O) groups excluding carboxylic acids is 3. The molecule has 1 aliphatic carbocycles. The molecule has 1 heterocycles. The second-order valence-corrected chi connectivity index (χ2v) is 11.5. The van der Waals surface area contributed by atoms with Crippen LogP contribution >= 0.6 is 0 Å².